The average molecular weight is 294 g/mol. The van der Waals surface area contributed by atoms with Crippen LogP contribution in [0.5, 0.6) is 0 Å². The Labute approximate surface area is 134 Å². The third-order valence-corrected chi connectivity index (χ3v) is 4.07. The number of nitriles is 1. The molecule has 4 rings (SSSR count). The van der Waals surface area contributed by atoms with Gasteiger partial charge in [-0.2, -0.15) is 5.26 Å². The maximum absolute atomic E-state index is 8.99. The first kappa shape index (κ1) is 13.4. The summed E-state index contributed by atoms with van der Waals surface area (Å²) in [5, 5.41) is 10.2. The molecule has 0 fully saturated rings. The van der Waals surface area contributed by atoms with Gasteiger partial charge in [-0.3, -0.25) is 0 Å². The molecule has 0 bridgehead atoms. The largest absolute Gasteiger partial charge is 0.354 e. The zero-order valence-electron chi connectivity index (χ0n) is 12.5. The highest BCUT2D eigenvalue weighted by Crippen LogP contribution is 2.38. The molecule has 0 saturated carbocycles. The number of nitrogens with one attached hydrogen (secondary N) is 1. The van der Waals surface area contributed by atoms with Crippen LogP contribution in [0, 0.1) is 11.3 Å². The maximum atomic E-state index is 8.99. The fourth-order valence-corrected chi connectivity index (χ4v) is 2.97. The summed E-state index contributed by atoms with van der Waals surface area (Å²) >= 11 is 0. The summed E-state index contributed by atoms with van der Waals surface area (Å²) in [7, 11) is 0. The quantitative estimate of drug-likeness (QED) is 0.530. The summed E-state index contributed by atoms with van der Waals surface area (Å²) in [5.74, 6) is 0. The molecule has 23 heavy (non-hydrogen) atoms. The molecule has 0 aliphatic rings. The van der Waals surface area contributed by atoms with Gasteiger partial charge in [0.2, 0.25) is 0 Å². The predicted octanol–water partition coefficient (Wildman–Crippen LogP) is 5.37. The molecule has 0 aliphatic heterocycles. The first-order valence-electron chi connectivity index (χ1n) is 7.53. The van der Waals surface area contributed by atoms with Crippen LogP contribution in [0.1, 0.15) is 5.56 Å². The van der Waals surface area contributed by atoms with Crippen molar-refractivity contribution in [3.05, 3.63) is 84.4 Å². The smallest absolute Gasteiger partial charge is 0.0991 e. The molecular formula is C21H14N2. The van der Waals surface area contributed by atoms with Crippen LogP contribution in [0.25, 0.3) is 33.3 Å². The van der Waals surface area contributed by atoms with Gasteiger partial charge in [-0.1, -0.05) is 60.7 Å². The van der Waals surface area contributed by atoms with Gasteiger partial charge < -0.3 is 4.98 Å². The normalized spacial score (nSPS) is 10.6. The summed E-state index contributed by atoms with van der Waals surface area (Å²) in [6.07, 6.45) is 0. The lowest BCUT2D eigenvalue weighted by molar-refractivity contribution is 1.44. The van der Waals surface area contributed by atoms with Crippen LogP contribution in [0.3, 0.4) is 0 Å². The molecule has 1 heterocycles. The Hall–Kier alpha value is -3.31. The molecule has 1 N–H and O–H groups in total. The molecule has 0 saturated heterocycles. The second-order valence-corrected chi connectivity index (χ2v) is 5.48. The number of para-hydroxylation sites is 1. The van der Waals surface area contributed by atoms with Gasteiger partial charge in [0.25, 0.3) is 0 Å². The third kappa shape index (κ3) is 2.29. The summed E-state index contributed by atoms with van der Waals surface area (Å²) in [6, 6.07) is 28.6. The van der Waals surface area contributed by atoms with Gasteiger partial charge in [-0.15, -0.1) is 0 Å². The molecule has 1 aromatic heterocycles. The van der Waals surface area contributed by atoms with Crippen molar-refractivity contribution in [2.45, 2.75) is 0 Å². The molecule has 2 heteroatoms. The van der Waals surface area contributed by atoms with E-state index in [9.17, 15) is 0 Å². The third-order valence-electron chi connectivity index (χ3n) is 4.07. The van der Waals surface area contributed by atoms with Crippen molar-refractivity contribution in [2.75, 3.05) is 0 Å². The Bertz CT molecular complexity index is 1000. The fourth-order valence-electron chi connectivity index (χ4n) is 2.97. The second-order valence-electron chi connectivity index (χ2n) is 5.48. The zero-order valence-corrected chi connectivity index (χ0v) is 12.5. The van der Waals surface area contributed by atoms with E-state index in [1.165, 1.54) is 16.5 Å². The highest BCUT2D eigenvalue weighted by molar-refractivity contribution is 6.03. The van der Waals surface area contributed by atoms with Crippen LogP contribution in [-0.4, -0.2) is 4.98 Å². The molecule has 4 aromatic rings. The Morgan fingerprint density at radius 3 is 2.13 bits per heavy atom. The minimum atomic E-state index is 0.672. The summed E-state index contributed by atoms with van der Waals surface area (Å²) in [4.78, 5) is 3.53. The van der Waals surface area contributed by atoms with Crippen molar-refractivity contribution in [1.82, 2.24) is 4.98 Å². The molecule has 108 valence electrons. The maximum Gasteiger partial charge on any atom is 0.0991 e. The van der Waals surface area contributed by atoms with E-state index in [4.69, 9.17) is 5.26 Å². The van der Waals surface area contributed by atoms with Crippen LogP contribution in [-0.2, 0) is 0 Å². The number of aromatic nitrogens is 1. The van der Waals surface area contributed by atoms with Crippen molar-refractivity contribution < 1.29 is 0 Å². The minimum absolute atomic E-state index is 0.672. The zero-order chi connectivity index (χ0) is 15.6. The molecule has 3 aromatic carbocycles. The SMILES string of the molecule is N#Cc1ccc(-c2[nH]c3ccccc3c2-c2ccccc2)cc1. The van der Waals surface area contributed by atoms with Crippen LogP contribution in [0.15, 0.2) is 78.9 Å². The number of nitrogens with zero attached hydrogens (tertiary/aromatic N) is 1. The van der Waals surface area contributed by atoms with E-state index in [-0.39, 0.29) is 0 Å². The van der Waals surface area contributed by atoms with E-state index < -0.39 is 0 Å². The van der Waals surface area contributed by atoms with Gasteiger partial charge >= 0.3 is 0 Å². The van der Waals surface area contributed by atoms with Crippen LogP contribution >= 0.6 is 0 Å². The molecular weight excluding hydrogens is 280 g/mol. The van der Waals surface area contributed by atoms with Gasteiger partial charge in [0.1, 0.15) is 0 Å². The van der Waals surface area contributed by atoms with Gasteiger partial charge in [0.05, 0.1) is 17.3 Å². The van der Waals surface area contributed by atoms with Gasteiger partial charge in [-0.25, -0.2) is 0 Å². The van der Waals surface area contributed by atoms with Crippen LogP contribution < -0.4 is 0 Å². The van der Waals surface area contributed by atoms with Crippen LogP contribution in [0.2, 0.25) is 0 Å². The van der Waals surface area contributed by atoms with Gasteiger partial charge in [0.15, 0.2) is 0 Å². The molecule has 0 radical (unpaired) electrons. The van der Waals surface area contributed by atoms with Crippen LogP contribution in [0.4, 0.5) is 0 Å². The van der Waals surface area contributed by atoms with Crippen molar-refractivity contribution in [3.63, 3.8) is 0 Å². The molecule has 0 spiro atoms. The Balaban J connectivity index is 2.00. The Kier molecular flexibility index (Phi) is 3.18. The van der Waals surface area contributed by atoms with Crippen molar-refractivity contribution in [2.24, 2.45) is 0 Å². The number of rotatable bonds is 2. The van der Waals surface area contributed by atoms with E-state index in [0.29, 0.717) is 5.56 Å². The number of hydrogen-bond donors (Lipinski definition) is 1. The van der Waals surface area contributed by atoms with Crippen molar-refractivity contribution in [3.8, 4) is 28.5 Å². The molecule has 0 amide bonds. The monoisotopic (exact) mass is 294 g/mol. The number of H-pyrrole nitrogens is 1. The lowest BCUT2D eigenvalue weighted by Gasteiger charge is -2.06. The Morgan fingerprint density at radius 2 is 1.39 bits per heavy atom. The van der Waals surface area contributed by atoms with E-state index in [1.807, 2.05) is 36.4 Å². The molecule has 0 aliphatic carbocycles. The molecule has 0 unspecified atom stereocenters. The average Bonchev–Trinajstić information content (AvgIpc) is 3.02. The minimum Gasteiger partial charge on any atom is -0.354 e. The number of hydrogen-bond acceptors (Lipinski definition) is 1. The first-order valence-corrected chi connectivity index (χ1v) is 7.53. The highest BCUT2D eigenvalue weighted by atomic mass is 14.7. The summed E-state index contributed by atoms with van der Waals surface area (Å²) in [5.41, 5.74) is 6.34. The van der Waals surface area contributed by atoms with E-state index >= 15 is 0 Å². The van der Waals surface area contributed by atoms with Crippen molar-refractivity contribution in [1.29, 1.82) is 5.26 Å². The van der Waals surface area contributed by atoms with E-state index in [1.54, 1.807) is 0 Å². The summed E-state index contributed by atoms with van der Waals surface area (Å²) in [6.45, 7) is 0. The van der Waals surface area contributed by atoms with Gasteiger partial charge in [0, 0.05) is 16.5 Å². The van der Waals surface area contributed by atoms with E-state index in [2.05, 4.69) is 53.5 Å². The fraction of sp³-hybridized carbons (Fsp3) is 0. The first-order chi connectivity index (χ1) is 11.4. The Morgan fingerprint density at radius 1 is 0.696 bits per heavy atom. The van der Waals surface area contributed by atoms with E-state index in [0.717, 1.165) is 16.8 Å². The standard InChI is InChI=1S/C21H14N2/c22-14-15-10-12-17(13-11-15)21-20(16-6-2-1-3-7-16)18-8-4-5-9-19(18)23-21/h1-13,23H. The van der Waals surface area contributed by atoms with Crippen molar-refractivity contribution >= 4 is 10.9 Å². The predicted molar refractivity (Wildman–Crippen MR) is 93.9 cm³/mol. The van der Waals surface area contributed by atoms with Gasteiger partial charge in [-0.05, 0) is 29.3 Å². The lowest BCUT2D eigenvalue weighted by Crippen LogP contribution is -1.83. The number of aromatic amines is 1. The molecule has 2 nitrogen and oxygen atoms in total. The topological polar surface area (TPSA) is 39.6 Å². The lowest BCUT2D eigenvalue weighted by atomic mass is 9.98. The number of fused-ring (bicyclic) bond motifs is 1. The highest BCUT2D eigenvalue weighted by Gasteiger charge is 2.14. The summed E-state index contributed by atoms with van der Waals surface area (Å²) < 4.78 is 0. The number of benzene rings is 3. The molecule has 0 atom stereocenters. The second kappa shape index (κ2) is 5.47.